The van der Waals surface area contributed by atoms with Gasteiger partial charge in [-0.05, 0) is 134 Å². The number of benzene rings is 3. The quantitative estimate of drug-likeness (QED) is 0.185. The number of hydrogen-bond donors (Lipinski definition) is 1. The number of rotatable bonds is 10. The van der Waals surface area contributed by atoms with Crippen LogP contribution in [0.2, 0.25) is 0 Å². The maximum absolute atomic E-state index is 11.7. The maximum Gasteiger partial charge on any atom is 0.294 e. The molecule has 0 bridgehead atoms. The Bertz CT molecular complexity index is 1360. The Morgan fingerprint density at radius 1 is 0.619 bits per heavy atom. The second kappa shape index (κ2) is 14.2. The Balaban J connectivity index is 0.000000334. The van der Waals surface area contributed by atoms with Crippen molar-refractivity contribution in [2.45, 2.75) is 124 Å². The molecule has 0 aliphatic carbocycles. The van der Waals surface area contributed by atoms with E-state index in [2.05, 4.69) is 105 Å². The van der Waals surface area contributed by atoms with Crippen LogP contribution in [0.5, 0.6) is 0 Å². The molecule has 0 aliphatic rings. The van der Waals surface area contributed by atoms with Crippen LogP contribution in [0.25, 0.3) is 0 Å². The molecule has 0 saturated carbocycles. The smallest absolute Gasteiger partial charge is 0.288 e. The van der Waals surface area contributed by atoms with Gasteiger partial charge in [0.05, 0.1) is 4.90 Å². The van der Waals surface area contributed by atoms with E-state index in [1.807, 2.05) is 31.2 Å². The first-order valence-corrected chi connectivity index (χ1v) is 17.9. The van der Waals surface area contributed by atoms with E-state index in [9.17, 15) is 13.0 Å². The molecular weight excluding hydrogens is 557 g/mol. The van der Waals surface area contributed by atoms with E-state index in [1.54, 1.807) is 12.1 Å². The minimum absolute atomic E-state index is 0.0623. The Labute approximate surface area is 258 Å². The molecule has 0 radical (unpaired) electrons. The molecule has 232 valence electrons. The number of nitrogens with zero attached hydrogens (tertiary/aromatic N) is 1. The van der Waals surface area contributed by atoms with Gasteiger partial charge in [0.15, 0.2) is 0 Å². The molecule has 0 fully saturated rings. The molecule has 0 amide bonds. The van der Waals surface area contributed by atoms with Crippen molar-refractivity contribution in [1.82, 2.24) is 4.90 Å². The van der Waals surface area contributed by atoms with Gasteiger partial charge in [-0.25, -0.2) is 0 Å². The van der Waals surface area contributed by atoms with Gasteiger partial charge >= 0.3 is 0 Å². The zero-order chi connectivity index (χ0) is 32.1. The monoisotopic (exact) mass is 611 g/mol. The van der Waals surface area contributed by atoms with Crippen LogP contribution in [0.15, 0.2) is 71.6 Å². The van der Waals surface area contributed by atoms with Gasteiger partial charge in [0.1, 0.15) is 0 Å². The number of hydrogen-bond acceptors (Lipinski definition) is 3. The van der Waals surface area contributed by atoms with Crippen LogP contribution in [0.3, 0.4) is 0 Å². The summed E-state index contributed by atoms with van der Waals surface area (Å²) in [7, 11) is -5.20. The van der Waals surface area contributed by atoms with Crippen LogP contribution in [-0.2, 0) is 10.1 Å². The lowest BCUT2D eigenvalue weighted by Crippen LogP contribution is -2.63. The molecule has 0 aliphatic heterocycles. The first-order chi connectivity index (χ1) is 19.3. The number of aryl methyl sites for hydroxylation is 3. The molecule has 0 spiro atoms. The summed E-state index contributed by atoms with van der Waals surface area (Å²) in [6, 6.07) is 21.2. The van der Waals surface area contributed by atoms with E-state index in [1.165, 1.54) is 47.1 Å². The van der Waals surface area contributed by atoms with Crippen molar-refractivity contribution >= 4 is 34.0 Å². The maximum atomic E-state index is 11.7. The summed E-state index contributed by atoms with van der Waals surface area (Å²) in [6.45, 7) is 27.3. The van der Waals surface area contributed by atoms with Crippen molar-refractivity contribution in [1.29, 1.82) is 0 Å². The summed E-state index contributed by atoms with van der Waals surface area (Å²) in [5.41, 5.74) is 4.13. The largest absolute Gasteiger partial charge is 0.294 e. The highest BCUT2D eigenvalue weighted by atomic mass is 32.2. The van der Waals surface area contributed by atoms with Gasteiger partial charge in [-0.2, -0.15) is 8.42 Å². The zero-order valence-electron chi connectivity index (χ0n) is 28.0. The lowest BCUT2D eigenvalue weighted by molar-refractivity contribution is -0.0705. The molecule has 0 aromatic heterocycles. The summed E-state index contributed by atoms with van der Waals surface area (Å²) >= 11 is 0. The molecule has 3 aromatic carbocycles. The molecule has 0 atom stereocenters. The van der Waals surface area contributed by atoms with Crippen LogP contribution < -0.4 is 15.9 Å². The van der Waals surface area contributed by atoms with Crippen molar-refractivity contribution in [3.8, 4) is 0 Å². The van der Waals surface area contributed by atoms with Gasteiger partial charge in [0.2, 0.25) is 0 Å². The lowest BCUT2D eigenvalue weighted by atomic mass is 9.81. The molecule has 1 N–H and O–H groups in total. The van der Waals surface area contributed by atoms with Gasteiger partial charge in [0, 0.05) is 16.6 Å². The molecule has 6 heteroatoms. The Morgan fingerprint density at radius 2 is 0.976 bits per heavy atom. The van der Waals surface area contributed by atoms with E-state index in [0.29, 0.717) is 0 Å². The molecule has 3 aromatic rings. The van der Waals surface area contributed by atoms with E-state index < -0.39 is 18.0 Å². The Kier molecular flexibility index (Phi) is 12.2. The molecular formula is C36H54NO3PS. The van der Waals surface area contributed by atoms with E-state index in [4.69, 9.17) is 0 Å². The molecule has 3 rings (SSSR count). The second-order valence-electron chi connectivity index (χ2n) is 13.2. The first-order valence-electron chi connectivity index (χ1n) is 15.1. The molecule has 4 nitrogen and oxygen atoms in total. The second-order valence-corrected chi connectivity index (χ2v) is 16.7. The average molecular weight is 612 g/mol. The minimum atomic E-state index is -4.25. The van der Waals surface area contributed by atoms with Crippen molar-refractivity contribution in [3.05, 3.63) is 83.4 Å². The standard InChI is InChI=1S/C21H21O3PS.C15H33N/c1-15-8-4-6-10-19(15)25(20-11-7-5-9-16(20)2)21-14-18(26(22,23)24)13-12-17(21)3;1-10-13(4,5)16(14(6,7)11-2)15(8,9)12-3/h4-14H,1-3H3,(H,22,23,24);10-12H2,1-9H3. The van der Waals surface area contributed by atoms with Crippen LogP contribution >= 0.6 is 7.92 Å². The van der Waals surface area contributed by atoms with E-state index in [0.717, 1.165) is 10.9 Å². The molecule has 0 unspecified atom stereocenters. The zero-order valence-corrected chi connectivity index (χ0v) is 29.7. The van der Waals surface area contributed by atoms with Gasteiger partial charge < -0.3 is 0 Å². The fourth-order valence-corrected chi connectivity index (χ4v) is 9.33. The van der Waals surface area contributed by atoms with Crippen LogP contribution in [-0.4, -0.2) is 34.5 Å². The summed E-state index contributed by atoms with van der Waals surface area (Å²) < 4.78 is 32.9. The molecule has 0 saturated heterocycles. The van der Waals surface area contributed by atoms with Gasteiger partial charge in [0.25, 0.3) is 10.1 Å². The van der Waals surface area contributed by atoms with Crippen LogP contribution in [0, 0.1) is 20.8 Å². The highest BCUT2D eigenvalue weighted by Gasteiger charge is 2.43. The van der Waals surface area contributed by atoms with E-state index >= 15 is 0 Å². The SMILES string of the molecule is CCC(C)(C)N(C(C)(C)CC)C(C)(C)CC.Cc1ccccc1P(c1ccccc1C)c1cc(S(=O)(=O)O)ccc1C. The van der Waals surface area contributed by atoms with Crippen molar-refractivity contribution in [2.24, 2.45) is 0 Å². The fraction of sp³-hybridized carbons (Fsp3) is 0.500. The van der Waals surface area contributed by atoms with E-state index in [-0.39, 0.29) is 21.5 Å². The third-order valence-electron chi connectivity index (χ3n) is 8.84. The Hall–Kier alpha value is -2.04. The predicted octanol–water partition coefficient (Wildman–Crippen LogP) is 8.47. The van der Waals surface area contributed by atoms with Crippen molar-refractivity contribution in [2.75, 3.05) is 0 Å². The minimum Gasteiger partial charge on any atom is -0.288 e. The predicted molar refractivity (Wildman–Crippen MR) is 184 cm³/mol. The third kappa shape index (κ3) is 8.53. The third-order valence-corrected chi connectivity index (χ3v) is 12.6. The normalized spacial score (nSPS) is 12.8. The van der Waals surface area contributed by atoms with Gasteiger partial charge in [-0.15, -0.1) is 0 Å². The van der Waals surface area contributed by atoms with Crippen LogP contribution in [0.1, 0.15) is 98.3 Å². The highest BCUT2D eigenvalue weighted by molar-refractivity contribution is 7.86. The molecule has 42 heavy (non-hydrogen) atoms. The first kappa shape index (κ1) is 36.2. The van der Waals surface area contributed by atoms with Crippen molar-refractivity contribution in [3.63, 3.8) is 0 Å². The van der Waals surface area contributed by atoms with Gasteiger partial charge in [-0.1, -0.05) is 75.4 Å². The summed E-state index contributed by atoms with van der Waals surface area (Å²) in [5.74, 6) is 0. The highest BCUT2D eigenvalue weighted by Crippen LogP contribution is 2.39. The summed E-state index contributed by atoms with van der Waals surface area (Å²) in [6.07, 6.45) is 3.58. The fourth-order valence-electron chi connectivity index (χ4n) is 5.94. The van der Waals surface area contributed by atoms with Crippen molar-refractivity contribution < 1.29 is 13.0 Å². The average Bonchev–Trinajstić information content (AvgIpc) is 2.91. The Morgan fingerprint density at radius 3 is 1.31 bits per heavy atom. The van der Waals surface area contributed by atoms with Crippen LogP contribution in [0.4, 0.5) is 0 Å². The van der Waals surface area contributed by atoms with Gasteiger partial charge in [-0.3, -0.25) is 9.45 Å². The lowest BCUT2D eigenvalue weighted by Gasteiger charge is -2.56. The molecule has 0 heterocycles. The summed E-state index contributed by atoms with van der Waals surface area (Å²) in [5, 5.41) is 3.32. The summed E-state index contributed by atoms with van der Waals surface area (Å²) in [4.78, 5) is 2.67. The topological polar surface area (TPSA) is 57.6 Å².